The fourth-order valence-corrected chi connectivity index (χ4v) is 2.96. The molecule has 4 heteroatoms. The summed E-state index contributed by atoms with van der Waals surface area (Å²) in [6, 6.07) is 5.74. The monoisotopic (exact) mass is 276 g/mol. The standard InChI is InChI=1S/C16H21FN2O/c1-11-3-2-4-14(15(11)17)16(20)18-9-12-7-8-19(10-12)13-5-6-13/h2-4,12-13H,5-10H2,1H3,(H,18,20). The number of likely N-dealkylation sites (tertiary alicyclic amines) is 1. The van der Waals surface area contributed by atoms with Crippen LogP contribution >= 0.6 is 0 Å². The number of aryl methyl sites for hydroxylation is 1. The van der Waals surface area contributed by atoms with Gasteiger partial charge in [0.1, 0.15) is 5.82 Å². The third kappa shape index (κ3) is 2.85. The van der Waals surface area contributed by atoms with Crippen LogP contribution < -0.4 is 5.32 Å². The third-order valence-electron chi connectivity index (χ3n) is 4.37. The van der Waals surface area contributed by atoms with Gasteiger partial charge in [0.05, 0.1) is 5.56 Å². The molecule has 1 saturated heterocycles. The largest absolute Gasteiger partial charge is 0.352 e. The normalized spacial score (nSPS) is 23.0. The summed E-state index contributed by atoms with van der Waals surface area (Å²) in [5.41, 5.74) is 0.667. The van der Waals surface area contributed by atoms with Gasteiger partial charge in [-0.1, -0.05) is 12.1 Å². The fourth-order valence-electron chi connectivity index (χ4n) is 2.96. The SMILES string of the molecule is Cc1cccc(C(=O)NCC2CCN(C3CC3)C2)c1F. The highest BCUT2D eigenvalue weighted by molar-refractivity contribution is 5.94. The molecule has 20 heavy (non-hydrogen) atoms. The highest BCUT2D eigenvalue weighted by Crippen LogP contribution is 2.31. The maximum atomic E-state index is 13.9. The molecule has 1 aromatic rings. The lowest BCUT2D eigenvalue weighted by atomic mass is 10.1. The Labute approximate surface area is 119 Å². The molecule has 1 atom stereocenters. The van der Waals surface area contributed by atoms with Crippen LogP contribution in [0.1, 0.15) is 35.2 Å². The van der Waals surface area contributed by atoms with E-state index in [1.165, 1.54) is 12.8 Å². The van der Waals surface area contributed by atoms with Gasteiger partial charge in [-0.05, 0) is 50.3 Å². The Bertz CT molecular complexity index is 513. The molecule has 1 N–H and O–H groups in total. The minimum atomic E-state index is -0.406. The van der Waals surface area contributed by atoms with E-state index in [0.717, 1.165) is 25.6 Å². The molecule has 1 amide bonds. The summed E-state index contributed by atoms with van der Waals surface area (Å²) in [7, 11) is 0. The van der Waals surface area contributed by atoms with Crippen LogP contribution in [0.3, 0.4) is 0 Å². The van der Waals surface area contributed by atoms with Crippen molar-refractivity contribution in [2.45, 2.75) is 32.2 Å². The molecule has 0 radical (unpaired) electrons. The Balaban J connectivity index is 1.53. The van der Waals surface area contributed by atoms with Crippen LogP contribution in [-0.4, -0.2) is 36.5 Å². The van der Waals surface area contributed by atoms with Gasteiger partial charge < -0.3 is 10.2 Å². The van der Waals surface area contributed by atoms with Crippen molar-refractivity contribution < 1.29 is 9.18 Å². The van der Waals surface area contributed by atoms with Gasteiger partial charge in [0.2, 0.25) is 0 Å². The summed E-state index contributed by atoms with van der Waals surface area (Å²) in [6.07, 6.45) is 3.79. The highest BCUT2D eigenvalue weighted by Gasteiger charge is 2.34. The van der Waals surface area contributed by atoms with E-state index in [2.05, 4.69) is 10.2 Å². The van der Waals surface area contributed by atoms with E-state index in [4.69, 9.17) is 0 Å². The van der Waals surface area contributed by atoms with Crippen molar-refractivity contribution in [2.75, 3.05) is 19.6 Å². The average molecular weight is 276 g/mol. The molecule has 2 fully saturated rings. The zero-order valence-corrected chi connectivity index (χ0v) is 11.9. The van der Waals surface area contributed by atoms with E-state index in [-0.39, 0.29) is 11.5 Å². The summed E-state index contributed by atoms with van der Waals surface area (Å²) in [5, 5.41) is 2.88. The van der Waals surface area contributed by atoms with Gasteiger partial charge in [0.25, 0.3) is 5.91 Å². The number of benzene rings is 1. The zero-order chi connectivity index (χ0) is 14.1. The van der Waals surface area contributed by atoms with Gasteiger partial charge in [0.15, 0.2) is 0 Å². The average Bonchev–Trinajstić information content (AvgIpc) is 3.18. The van der Waals surface area contributed by atoms with Crippen LogP contribution in [-0.2, 0) is 0 Å². The molecule has 1 aromatic carbocycles. The molecule has 0 aromatic heterocycles. The second kappa shape index (κ2) is 5.52. The summed E-state index contributed by atoms with van der Waals surface area (Å²) in [6.45, 7) is 4.54. The number of carbonyl (C=O) groups is 1. The van der Waals surface area contributed by atoms with Crippen molar-refractivity contribution in [3.8, 4) is 0 Å². The van der Waals surface area contributed by atoms with E-state index < -0.39 is 5.82 Å². The van der Waals surface area contributed by atoms with E-state index >= 15 is 0 Å². The molecule has 108 valence electrons. The number of amides is 1. The van der Waals surface area contributed by atoms with Crippen LogP contribution in [0.15, 0.2) is 18.2 Å². The smallest absolute Gasteiger partial charge is 0.254 e. The maximum absolute atomic E-state index is 13.9. The van der Waals surface area contributed by atoms with Gasteiger partial charge in [-0.25, -0.2) is 4.39 Å². The number of hydrogen-bond donors (Lipinski definition) is 1. The first-order chi connectivity index (χ1) is 9.65. The lowest BCUT2D eigenvalue weighted by Crippen LogP contribution is -2.32. The molecule has 2 aliphatic rings. The maximum Gasteiger partial charge on any atom is 0.254 e. The molecular weight excluding hydrogens is 255 g/mol. The summed E-state index contributed by atoms with van der Waals surface area (Å²) >= 11 is 0. The Morgan fingerprint density at radius 3 is 2.95 bits per heavy atom. The first-order valence-electron chi connectivity index (χ1n) is 7.42. The molecule has 3 rings (SSSR count). The molecule has 1 saturated carbocycles. The Morgan fingerprint density at radius 1 is 1.40 bits per heavy atom. The third-order valence-corrected chi connectivity index (χ3v) is 4.37. The summed E-state index contributed by atoms with van der Waals surface area (Å²) < 4.78 is 13.9. The van der Waals surface area contributed by atoms with Crippen molar-refractivity contribution in [1.82, 2.24) is 10.2 Å². The van der Waals surface area contributed by atoms with Crippen molar-refractivity contribution in [1.29, 1.82) is 0 Å². The highest BCUT2D eigenvalue weighted by atomic mass is 19.1. The first kappa shape index (κ1) is 13.6. The van der Waals surface area contributed by atoms with Crippen molar-refractivity contribution >= 4 is 5.91 Å². The van der Waals surface area contributed by atoms with Crippen LogP contribution in [0.25, 0.3) is 0 Å². The predicted octanol–water partition coefficient (Wildman–Crippen LogP) is 2.35. The van der Waals surface area contributed by atoms with Gasteiger partial charge >= 0.3 is 0 Å². The van der Waals surface area contributed by atoms with Gasteiger partial charge in [-0.15, -0.1) is 0 Å². The first-order valence-corrected chi connectivity index (χ1v) is 7.42. The molecule has 3 nitrogen and oxygen atoms in total. The second-order valence-corrected chi connectivity index (χ2v) is 6.03. The van der Waals surface area contributed by atoms with E-state index in [1.807, 2.05) is 0 Å². The van der Waals surface area contributed by atoms with Gasteiger partial charge in [0, 0.05) is 19.1 Å². The molecule has 0 bridgehead atoms. The van der Waals surface area contributed by atoms with E-state index in [9.17, 15) is 9.18 Å². The molecular formula is C16H21FN2O. The number of halogens is 1. The lowest BCUT2D eigenvalue weighted by molar-refractivity contribution is 0.0943. The molecule has 1 unspecified atom stereocenters. The van der Waals surface area contributed by atoms with Gasteiger partial charge in [-0.3, -0.25) is 4.79 Å². The van der Waals surface area contributed by atoms with E-state index in [0.29, 0.717) is 18.0 Å². The zero-order valence-electron chi connectivity index (χ0n) is 11.9. The van der Waals surface area contributed by atoms with Crippen LogP contribution in [0.5, 0.6) is 0 Å². The number of nitrogens with zero attached hydrogens (tertiary/aromatic N) is 1. The summed E-state index contributed by atoms with van der Waals surface area (Å²) in [5.74, 6) is -0.195. The minimum absolute atomic E-state index is 0.155. The quantitative estimate of drug-likeness (QED) is 0.915. The van der Waals surface area contributed by atoms with E-state index in [1.54, 1.807) is 25.1 Å². The number of nitrogens with one attached hydrogen (secondary N) is 1. The Kier molecular flexibility index (Phi) is 3.74. The number of carbonyl (C=O) groups excluding carboxylic acids is 1. The molecule has 1 aliphatic carbocycles. The topological polar surface area (TPSA) is 32.3 Å². The fraction of sp³-hybridized carbons (Fsp3) is 0.562. The Hall–Kier alpha value is -1.42. The summed E-state index contributed by atoms with van der Waals surface area (Å²) in [4.78, 5) is 14.6. The predicted molar refractivity (Wildman–Crippen MR) is 76.2 cm³/mol. The van der Waals surface area contributed by atoms with Crippen LogP contribution in [0.4, 0.5) is 4.39 Å². The minimum Gasteiger partial charge on any atom is -0.352 e. The molecule has 1 aliphatic heterocycles. The van der Waals surface area contributed by atoms with Crippen molar-refractivity contribution in [3.05, 3.63) is 35.1 Å². The van der Waals surface area contributed by atoms with Crippen LogP contribution in [0.2, 0.25) is 0 Å². The Morgan fingerprint density at radius 2 is 2.20 bits per heavy atom. The number of rotatable bonds is 4. The second-order valence-electron chi connectivity index (χ2n) is 6.03. The van der Waals surface area contributed by atoms with Crippen molar-refractivity contribution in [3.63, 3.8) is 0 Å². The van der Waals surface area contributed by atoms with Crippen LogP contribution in [0, 0.1) is 18.7 Å². The van der Waals surface area contributed by atoms with Gasteiger partial charge in [-0.2, -0.15) is 0 Å². The lowest BCUT2D eigenvalue weighted by Gasteiger charge is -2.15. The molecule has 1 heterocycles. The number of hydrogen-bond acceptors (Lipinski definition) is 2. The molecule has 0 spiro atoms. The van der Waals surface area contributed by atoms with Crippen molar-refractivity contribution in [2.24, 2.45) is 5.92 Å².